The van der Waals surface area contributed by atoms with Crippen LogP contribution in [-0.4, -0.2) is 16.8 Å². The van der Waals surface area contributed by atoms with Crippen LogP contribution in [0, 0.1) is 17.2 Å². The van der Waals surface area contributed by atoms with E-state index in [4.69, 9.17) is 10.4 Å². The molecule has 0 aliphatic rings. The number of rotatable bonds is 4. The van der Waals surface area contributed by atoms with Crippen molar-refractivity contribution in [3.8, 4) is 6.07 Å². The van der Waals surface area contributed by atoms with Gasteiger partial charge in [0, 0.05) is 15.1 Å². The molecule has 84 valence electrons. The maximum Gasteiger partial charge on any atom is 0.307 e. The van der Waals surface area contributed by atoms with Crippen LogP contribution in [0.1, 0.15) is 12.5 Å². The number of nitriles is 1. The number of aliphatic carboxylic acids is 1. The summed E-state index contributed by atoms with van der Waals surface area (Å²) >= 11 is 4.68. The van der Waals surface area contributed by atoms with E-state index in [-0.39, 0.29) is 0 Å². The maximum atomic E-state index is 10.6. The number of thioether (sulfide) groups is 1. The van der Waals surface area contributed by atoms with Gasteiger partial charge in [-0.2, -0.15) is 5.26 Å². The molecule has 3 nitrogen and oxygen atoms in total. The lowest BCUT2D eigenvalue weighted by Gasteiger charge is -2.07. The van der Waals surface area contributed by atoms with Crippen LogP contribution in [0.15, 0.2) is 27.6 Å². The lowest BCUT2D eigenvalue weighted by molar-refractivity contribution is -0.140. The molecule has 1 N–H and O–H groups in total. The van der Waals surface area contributed by atoms with E-state index in [2.05, 4.69) is 22.0 Å². The second kappa shape index (κ2) is 5.92. The van der Waals surface area contributed by atoms with Crippen LogP contribution < -0.4 is 0 Å². The Hall–Kier alpha value is -0.990. The fraction of sp³-hybridized carbons (Fsp3) is 0.273. The average molecular weight is 300 g/mol. The first-order valence-electron chi connectivity index (χ1n) is 4.60. The van der Waals surface area contributed by atoms with Gasteiger partial charge in [0.05, 0.1) is 11.5 Å². The number of hydrogen-bond acceptors (Lipinski definition) is 3. The van der Waals surface area contributed by atoms with Crippen LogP contribution >= 0.6 is 27.7 Å². The highest BCUT2D eigenvalue weighted by Crippen LogP contribution is 2.27. The van der Waals surface area contributed by atoms with E-state index >= 15 is 0 Å². The van der Waals surface area contributed by atoms with Crippen molar-refractivity contribution in [2.75, 3.05) is 5.75 Å². The molecule has 1 aromatic carbocycles. The van der Waals surface area contributed by atoms with Gasteiger partial charge in [-0.15, -0.1) is 11.8 Å². The molecule has 0 aromatic heterocycles. The van der Waals surface area contributed by atoms with Crippen LogP contribution in [0.5, 0.6) is 0 Å². The summed E-state index contributed by atoms with van der Waals surface area (Å²) in [5, 5.41) is 17.7. The highest BCUT2D eigenvalue weighted by Gasteiger charge is 2.12. The Kier molecular flexibility index (Phi) is 4.84. The highest BCUT2D eigenvalue weighted by molar-refractivity contribution is 9.10. The van der Waals surface area contributed by atoms with Crippen molar-refractivity contribution in [2.45, 2.75) is 11.8 Å². The van der Waals surface area contributed by atoms with E-state index in [0.29, 0.717) is 11.3 Å². The van der Waals surface area contributed by atoms with Gasteiger partial charge in [0.15, 0.2) is 0 Å². The monoisotopic (exact) mass is 299 g/mol. The van der Waals surface area contributed by atoms with Crippen molar-refractivity contribution in [1.82, 2.24) is 0 Å². The fourth-order valence-corrected chi connectivity index (χ4v) is 2.36. The summed E-state index contributed by atoms with van der Waals surface area (Å²) < 4.78 is 0.847. The standard InChI is InChI=1S/C11H10BrNO2S/c1-7(11(14)15)6-16-10-3-2-9(12)4-8(10)5-13/h2-4,7H,6H2,1H3,(H,14,15). The lowest BCUT2D eigenvalue weighted by Crippen LogP contribution is -2.11. The van der Waals surface area contributed by atoms with Crippen molar-refractivity contribution in [2.24, 2.45) is 5.92 Å². The van der Waals surface area contributed by atoms with Gasteiger partial charge < -0.3 is 5.11 Å². The summed E-state index contributed by atoms with van der Waals surface area (Å²) in [5.41, 5.74) is 0.567. The van der Waals surface area contributed by atoms with Gasteiger partial charge >= 0.3 is 5.97 Å². The van der Waals surface area contributed by atoms with Gasteiger partial charge in [0.25, 0.3) is 0 Å². The molecule has 0 aliphatic heterocycles. The minimum Gasteiger partial charge on any atom is -0.481 e. The minimum absolute atomic E-state index is 0.416. The predicted molar refractivity (Wildman–Crippen MR) is 66.4 cm³/mol. The van der Waals surface area contributed by atoms with E-state index in [1.54, 1.807) is 13.0 Å². The maximum absolute atomic E-state index is 10.6. The molecule has 0 saturated heterocycles. The first-order valence-corrected chi connectivity index (χ1v) is 6.37. The van der Waals surface area contributed by atoms with Crippen molar-refractivity contribution < 1.29 is 9.90 Å². The zero-order valence-corrected chi connectivity index (χ0v) is 11.0. The molecule has 5 heteroatoms. The summed E-state index contributed by atoms with van der Waals surface area (Å²) in [6.07, 6.45) is 0. The van der Waals surface area contributed by atoms with Crippen molar-refractivity contribution in [3.05, 3.63) is 28.2 Å². The fourth-order valence-electron chi connectivity index (χ4n) is 1.00. The third-order valence-corrected chi connectivity index (χ3v) is 3.80. The molecule has 0 heterocycles. The predicted octanol–water partition coefficient (Wildman–Crippen LogP) is 3.13. The molecule has 1 aromatic rings. The first-order chi connectivity index (χ1) is 7.54. The average Bonchev–Trinajstić information content (AvgIpc) is 2.26. The molecule has 1 rings (SSSR count). The Balaban J connectivity index is 2.75. The van der Waals surface area contributed by atoms with Gasteiger partial charge in [-0.1, -0.05) is 22.9 Å². The molecule has 0 spiro atoms. The molecule has 0 bridgehead atoms. The molecular formula is C11H10BrNO2S. The van der Waals surface area contributed by atoms with Crippen LogP contribution in [-0.2, 0) is 4.79 Å². The number of nitrogens with zero attached hydrogens (tertiary/aromatic N) is 1. The third-order valence-electron chi connectivity index (χ3n) is 1.97. The Morgan fingerprint density at radius 2 is 2.38 bits per heavy atom. The molecule has 0 aliphatic carbocycles. The number of hydrogen-bond donors (Lipinski definition) is 1. The smallest absolute Gasteiger partial charge is 0.307 e. The third kappa shape index (κ3) is 3.54. The van der Waals surface area contributed by atoms with Gasteiger partial charge in [0.1, 0.15) is 6.07 Å². The summed E-state index contributed by atoms with van der Waals surface area (Å²) in [5.74, 6) is -0.769. The molecule has 1 unspecified atom stereocenters. The summed E-state index contributed by atoms with van der Waals surface area (Å²) in [6, 6.07) is 7.48. The van der Waals surface area contributed by atoms with E-state index in [1.165, 1.54) is 11.8 Å². The largest absolute Gasteiger partial charge is 0.481 e. The van der Waals surface area contributed by atoms with Crippen molar-refractivity contribution >= 4 is 33.7 Å². The number of benzene rings is 1. The van der Waals surface area contributed by atoms with E-state index in [1.807, 2.05) is 12.1 Å². The van der Waals surface area contributed by atoms with E-state index in [0.717, 1.165) is 9.37 Å². The Labute approximate surface area is 107 Å². The van der Waals surface area contributed by atoms with E-state index in [9.17, 15) is 4.79 Å². The molecule has 0 amide bonds. The number of halogens is 1. The zero-order valence-electron chi connectivity index (χ0n) is 8.61. The quantitative estimate of drug-likeness (QED) is 0.868. The topological polar surface area (TPSA) is 61.1 Å². The minimum atomic E-state index is -0.817. The summed E-state index contributed by atoms with van der Waals surface area (Å²) in [6.45, 7) is 1.65. The summed E-state index contributed by atoms with van der Waals surface area (Å²) in [7, 11) is 0. The Morgan fingerprint density at radius 1 is 1.69 bits per heavy atom. The number of carboxylic acids is 1. The van der Waals surface area contributed by atoms with Crippen LogP contribution in [0.25, 0.3) is 0 Å². The molecular weight excluding hydrogens is 290 g/mol. The van der Waals surface area contributed by atoms with Gasteiger partial charge in [-0.3, -0.25) is 4.79 Å². The molecule has 0 saturated carbocycles. The van der Waals surface area contributed by atoms with Crippen LogP contribution in [0.3, 0.4) is 0 Å². The van der Waals surface area contributed by atoms with Gasteiger partial charge in [-0.25, -0.2) is 0 Å². The summed E-state index contributed by atoms with van der Waals surface area (Å²) in [4.78, 5) is 11.5. The van der Waals surface area contributed by atoms with E-state index < -0.39 is 11.9 Å². The number of carbonyl (C=O) groups is 1. The normalized spacial score (nSPS) is 11.8. The van der Waals surface area contributed by atoms with Crippen molar-refractivity contribution in [1.29, 1.82) is 5.26 Å². The van der Waals surface area contributed by atoms with Crippen LogP contribution in [0.4, 0.5) is 0 Å². The second-order valence-corrected chi connectivity index (χ2v) is 5.28. The van der Waals surface area contributed by atoms with Crippen molar-refractivity contribution in [3.63, 3.8) is 0 Å². The molecule has 16 heavy (non-hydrogen) atoms. The molecule has 0 fully saturated rings. The zero-order chi connectivity index (χ0) is 12.1. The molecule has 1 atom stereocenters. The lowest BCUT2D eigenvalue weighted by atomic mass is 10.2. The number of carboxylic acid groups (broad SMARTS) is 1. The SMILES string of the molecule is CC(CSc1ccc(Br)cc1C#N)C(=O)O. The Morgan fingerprint density at radius 3 is 2.94 bits per heavy atom. The second-order valence-electron chi connectivity index (χ2n) is 3.30. The first kappa shape index (κ1) is 13.1. The Bertz CT molecular complexity index is 442. The van der Waals surface area contributed by atoms with Gasteiger partial charge in [0.2, 0.25) is 0 Å². The van der Waals surface area contributed by atoms with Crippen LogP contribution in [0.2, 0.25) is 0 Å². The molecule has 0 radical (unpaired) electrons. The highest BCUT2D eigenvalue weighted by atomic mass is 79.9. The van der Waals surface area contributed by atoms with Gasteiger partial charge in [-0.05, 0) is 18.2 Å².